The molecule has 3 nitrogen and oxygen atoms in total. The maximum atomic E-state index is 6.60. The first-order valence-corrected chi connectivity index (χ1v) is 9.49. The third-order valence-electron chi connectivity index (χ3n) is 4.97. The predicted molar refractivity (Wildman–Crippen MR) is 104 cm³/mol. The molecule has 0 atom stereocenters. The van der Waals surface area contributed by atoms with E-state index in [2.05, 4.69) is 70.9 Å². The van der Waals surface area contributed by atoms with Crippen LogP contribution in [0.1, 0.15) is 36.5 Å². The number of benzene rings is 2. The van der Waals surface area contributed by atoms with E-state index in [1.807, 2.05) is 7.05 Å². The Morgan fingerprint density at radius 3 is 2.04 bits per heavy atom. The number of hydrogen-bond donors (Lipinski definition) is 1. The van der Waals surface area contributed by atoms with Gasteiger partial charge in [-0.05, 0) is 50.5 Å². The van der Waals surface area contributed by atoms with Crippen molar-refractivity contribution in [2.75, 3.05) is 33.2 Å². The molecule has 3 heteroatoms. The summed E-state index contributed by atoms with van der Waals surface area (Å²) in [5.41, 5.74) is 2.48. The Morgan fingerprint density at radius 2 is 1.52 bits per heavy atom. The van der Waals surface area contributed by atoms with Crippen molar-refractivity contribution in [3.63, 3.8) is 0 Å². The van der Waals surface area contributed by atoms with Crippen LogP contribution >= 0.6 is 0 Å². The summed E-state index contributed by atoms with van der Waals surface area (Å²) in [4.78, 5) is 2.57. The molecular weight excluding hydrogens is 308 g/mol. The zero-order valence-corrected chi connectivity index (χ0v) is 15.2. The molecule has 0 aromatic heterocycles. The molecule has 0 aliphatic carbocycles. The van der Waals surface area contributed by atoms with Gasteiger partial charge in [0.05, 0.1) is 6.10 Å². The molecular formula is C22H30N2O. The average Bonchev–Trinajstić information content (AvgIpc) is 2.69. The van der Waals surface area contributed by atoms with Gasteiger partial charge >= 0.3 is 0 Å². The van der Waals surface area contributed by atoms with Crippen LogP contribution in [0.25, 0.3) is 0 Å². The summed E-state index contributed by atoms with van der Waals surface area (Å²) in [6, 6.07) is 21.2. The Morgan fingerprint density at radius 1 is 0.960 bits per heavy atom. The van der Waals surface area contributed by atoms with Crippen molar-refractivity contribution in [2.45, 2.75) is 31.5 Å². The Bertz CT molecular complexity index is 554. The van der Waals surface area contributed by atoms with Crippen LogP contribution in [0, 0.1) is 0 Å². The summed E-state index contributed by atoms with van der Waals surface area (Å²) in [5, 5.41) is 3.23. The van der Waals surface area contributed by atoms with Crippen molar-refractivity contribution in [2.24, 2.45) is 0 Å². The Kier molecular flexibility index (Phi) is 7.04. The normalized spacial score (nSPS) is 16.4. The smallest absolute Gasteiger partial charge is 0.108 e. The number of nitrogens with one attached hydrogen (secondary N) is 1. The molecule has 0 bridgehead atoms. The summed E-state index contributed by atoms with van der Waals surface area (Å²) >= 11 is 0. The molecule has 1 N–H and O–H groups in total. The molecule has 1 aliphatic rings. The molecule has 1 fully saturated rings. The molecule has 0 radical (unpaired) electrons. The fourth-order valence-electron chi connectivity index (χ4n) is 3.55. The molecule has 0 saturated carbocycles. The van der Waals surface area contributed by atoms with Crippen LogP contribution in [0.4, 0.5) is 0 Å². The molecule has 2 aromatic rings. The van der Waals surface area contributed by atoms with Crippen LogP contribution in [-0.4, -0.2) is 44.2 Å². The lowest BCUT2D eigenvalue weighted by Crippen LogP contribution is -2.38. The quantitative estimate of drug-likeness (QED) is 0.740. The second-order valence-electron chi connectivity index (χ2n) is 6.84. The van der Waals surface area contributed by atoms with Gasteiger partial charge in [0.25, 0.3) is 0 Å². The van der Waals surface area contributed by atoms with Gasteiger partial charge in [-0.2, -0.15) is 0 Å². The van der Waals surface area contributed by atoms with Gasteiger partial charge in [-0.25, -0.2) is 0 Å². The van der Waals surface area contributed by atoms with E-state index in [0.29, 0.717) is 6.10 Å². The van der Waals surface area contributed by atoms with Gasteiger partial charge in [-0.1, -0.05) is 60.7 Å². The van der Waals surface area contributed by atoms with E-state index >= 15 is 0 Å². The summed E-state index contributed by atoms with van der Waals surface area (Å²) in [6.07, 6.45) is 3.83. The van der Waals surface area contributed by atoms with Crippen molar-refractivity contribution >= 4 is 0 Å². The summed E-state index contributed by atoms with van der Waals surface area (Å²) in [5.74, 6) is 0. The third-order valence-corrected chi connectivity index (χ3v) is 4.97. The summed E-state index contributed by atoms with van der Waals surface area (Å²) < 4.78 is 6.60. The fourth-order valence-corrected chi connectivity index (χ4v) is 3.55. The lowest BCUT2D eigenvalue weighted by molar-refractivity contribution is -0.0270. The predicted octanol–water partition coefficient (Wildman–Crippen LogP) is 3.87. The van der Waals surface area contributed by atoms with E-state index in [4.69, 9.17) is 4.74 Å². The molecule has 134 valence electrons. The number of rotatable bonds is 8. The largest absolute Gasteiger partial charge is 0.365 e. The highest BCUT2D eigenvalue weighted by atomic mass is 16.5. The van der Waals surface area contributed by atoms with E-state index < -0.39 is 0 Å². The highest BCUT2D eigenvalue weighted by molar-refractivity contribution is 5.30. The van der Waals surface area contributed by atoms with Gasteiger partial charge < -0.3 is 15.0 Å². The van der Waals surface area contributed by atoms with Gasteiger partial charge in [0, 0.05) is 13.1 Å². The second-order valence-corrected chi connectivity index (χ2v) is 6.84. The first kappa shape index (κ1) is 18.1. The topological polar surface area (TPSA) is 24.5 Å². The Balaban J connectivity index is 1.60. The lowest BCUT2D eigenvalue weighted by Gasteiger charge is -2.34. The molecule has 0 spiro atoms. The van der Waals surface area contributed by atoms with Gasteiger partial charge in [0.1, 0.15) is 6.10 Å². The van der Waals surface area contributed by atoms with Crippen LogP contribution in [0.3, 0.4) is 0 Å². The Labute approximate surface area is 152 Å². The summed E-state index contributed by atoms with van der Waals surface area (Å²) in [6.45, 7) is 4.57. The van der Waals surface area contributed by atoms with Gasteiger partial charge in [0.2, 0.25) is 0 Å². The van der Waals surface area contributed by atoms with Crippen LogP contribution in [0.5, 0.6) is 0 Å². The summed E-state index contributed by atoms with van der Waals surface area (Å²) in [7, 11) is 2.02. The van der Waals surface area contributed by atoms with Crippen LogP contribution < -0.4 is 5.32 Å². The molecule has 25 heavy (non-hydrogen) atoms. The SMILES string of the molecule is CNCCCN1CCC(OC(c2ccccc2)c2ccccc2)CC1. The van der Waals surface area contributed by atoms with Gasteiger partial charge in [-0.3, -0.25) is 0 Å². The minimum Gasteiger partial charge on any atom is -0.365 e. The van der Waals surface area contributed by atoms with Crippen molar-refractivity contribution in [1.82, 2.24) is 10.2 Å². The maximum Gasteiger partial charge on any atom is 0.108 e. The molecule has 1 heterocycles. The van der Waals surface area contributed by atoms with Crippen molar-refractivity contribution < 1.29 is 4.74 Å². The van der Waals surface area contributed by atoms with Crippen molar-refractivity contribution in [3.8, 4) is 0 Å². The fraction of sp³-hybridized carbons (Fsp3) is 0.455. The average molecular weight is 338 g/mol. The molecule has 2 aromatic carbocycles. The number of nitrogens with zero attached hydrogens (tertiary/aromatic N) is 1. The zero-order chi connectivity index (χ0) is 17.3. The number of likely N-dealkylation sites (tertiary alicyclic amines) is 1. The standard InChI is InChI=1S/C22H30N2O/c1-23-15-8-16-24-17-13-21(14-18-24)25-22(19-9-4-2-5-10-19)20-11-6-3-7-12-20/h2-7,9-12,21-23H,8,13-18H2,1H3. The van der Waals surface area contributed by atoms with Crippen LogP contribution in [0.2, 0.25) is 0 Å². The molecule has 3 rings (SSSR count). The van der Waals surface area contributed by atoms with Crippen molar-refractivity contribution in [3.05, 3.63) is 71.8 Å². The van der Waals surface area contributed by atoms with E-state index in [-0.39, 0.29) is 6.10 Å². The molecule has 1 saturated heterocycles. The monoisotopic (exact) mass is 338 g/mol. The van der Waals surface area contributed by atoms with E-state index in [1.54, 1.807) is 0 Å². The third kappa shape index (κ3) is 5.40. The van der Waals surface area contributed by atoms with Gasteiger partial charge in [0.15, 0.2) is 0 Å². The first-order chi connectivity index (χ1) is 12.4. The maximum absolute atomic E-state index is 6.60. The van der Waals surface area contributed by atoms with E-state index in [0.717, 1.165) is 32.5 Å². The molecule has 1 aliphatic heterocycles. The number of piperidine rings is 1. The number of hydrogen-bond acceptors (Lipinski definition) is 3. The van der Waals surface area contributed by atoms with E-state index in [1.165, 1.54) is 24.1 Å². The Hall–Kier alpha value is -1.68. The minimum absolute atomic E-state index is 0.0308. The minimum atomic E-state index is 0.0308. The van der Waals surface area contributed by atoms with Crippen molar-refractivity contribution in [1.29, 1.82) is 0 Å². The lowest BCUT2D eigenvalue weighted by atomic mass is 10.00. The number of ether oxygens (including phenoxy) is 1. The highest BCUT2D eigenvalue weighted by Gasteiger charge is 2.24. The van der Waals surface area contributed by atoms with Crippen LogP contribution in [0.15, 0.2) is 60.7 Å². The highest BCUT2D eigenvalue weighted by Crippen LogP contribution is 2.29. The van der Waals surface area contributed by atoms with E-state index in [9.17, 15) is 0 Å². The zero-order valence-electron chi connectivity index (χ0n) is 15.2. The van der Waals surface area contributed by atoms with Crippen LogP contribution in [-0.2, 0) is 4.74 Å². The second kappa shape index (κ2) is 9.71. The first-order valence-electron chi connectivity index (χ1n) is 9.49. The molecule has 0 amide bonds. The molecule has 0 unspecified atom stereocenters. The van der Waals surface area contributed by atoms with Gasteiger partial charge in [-0.15, -0.1) is 0 Å².